The molecule has 1 aliphatic heterocycles. The lowest BCUT2D eigenvalue weighted by atomic mass is 9.93. The summed E-state index contributed by atoms with van der Waals surface area (Å²) in [4.78, 5) is 0. The third-order valence-corrected chi connectivity index (χ3v) is 3.50. The summed E-state index contributed by atoms with van der Waals surface area (Å²) in [6, 6.07) is 19.0. The van der Waals surface area contributed by atoms with E-state index in [9.17, 15) is 0 Å². The molecule has 1 nitrogen and oxygen atoms in total. The van der Waals surface area contributed by atoms with Crippen LogP contribution in [0.4, 0.5) is 0 Å². The average Bonchev–Trinajstić information content (AvgIpc) is 3.05. The Bertz CT molecular complexity index is 532. The molecule has 0 N–H and O–H groups in total. The van der Waals surface area contributed by atoms with Crippen LogP contribution < -0.4 is 0 Å². The lowest BCUT2D eigenvalue weighted by Gasteiger charge is -2.07. The van der Waals surface area contributed by atoms with Gasteiger partial charge in [-0.25, -0.2) is 0 Å². The maximum Gasteiger partial charge on any atom is 0.122 e. The summed E-state index contributed by atoms with van der Waals surface area (Å²) in [5, 5.41) is 0. The maximum atomic E-state index is 5.93. The van der Waals surface area contributed by atoms with Crippen molar-refractivity contribution >= 4 is 0 Å². The number of benzene rings is 2. The third-order valence-electron chi connectivity index (χ3n) is 3.50. The minimum Gasteiger partial charge on any atom is -0.356 e. The van der Waals surface area contributed by atoms with Crippen LogP contribution in [0.3, 0.4) is 0 Å². The molecule has 1 heterocycles. The maximum absolute atomic E-state index is 5.93. The first-order chi connectivity index (χ1) is 8.20. The van der Waals surface area contributed by atoms with Gasteiger partial charge in [-0.2, -0.15) is 0 Å². The zero-order valence-corrected chi connectivity index (χ0v) is 10.2. The standard InChI is InChI=1S/C16H16O/c1-12-7-6-10-14(11-12)16(2)15(17-16)13-8-4-3-5-9-13/h3-11,15H,1-2H3. The van der Waals surface area contributed by atoms with Crippen LogP contribution in [0.25, 0.3) is 0 Å². The van der Waals surface area contributed by atoms with Crippen LogP contribution in [-0.2, 0) is 10.3 Å². The van der Waals surface area contributed by atoms with E-state index in [1.807, 2.05) is 6.07 Å². The van der Waals surface area contributed by atoms with Gasteiger partial charge in [-0.1, -0.05) is 60.2 Å². The normalized spacial score (nSPS) is 26.8. The Kier molecular flexibility index (Phi) is 2.30. The van der Waals surface area contributed by atoms with E-state index >= 15 is 0 Å². The van der Waals surface area contributed by atoms with Crippen molar-refractivity contribution in [1.82, 2.24) is 0 Å². The summed E-state index contributed by atoms with van der Waals surface area (Å²) in [6.45, 7) is 4.28. The molecule has 0 aromatic heterocycles. The monoisotopic (exact) mass is 224 g/mol. The van der Waals surface area contributed by atoms with Gasteiger partial charge in [0.25, 0.3) is 0 Å². The van der Waals surface area contributed by atoms with Crippen LogP contribution in [0.15, 0.2) is 54.6 Å². The number of ether oxygens (including phenoxy) is 1. The molecule has 86 valence electrons. The van der Waals surface area contributed by atoms with Crippen LogP contribution >= 0.6 is 0 Å². The lowest BCUT2D eigenvalue weighted by molar-refractivity contribution is 0.313. The molecule has 1 aliphatic rings. The van der Waals surface area contributed by atoms with E-state index in [4.69, 9.17) is 4.74 Å². The van der Waals surface area contributed by atoms with Crippen LogP contribution in [0, 0.1) is 6.92 Å². The van der Waals surface area contributed by atoms with Gasteiger partial charge in [0.1, 0.15) is 11.7 Å². The largest absolute Gasteiger partial charge is 0.356 e. The summed E-state index contributed by atoms with van der Waals surface area (Å²) < 4.78 is 5.93. The van der Waals surface area contributed by atoms with Crippen LogP contribution in [0.5, 0.6) is 0 Å². The molecule has 2 aromatic rings. The third kappa shape index (κ3) is 1.77. The van der Waals surface area contributed by atoms with Gasteiger partial charge < -0.3 is 4.74 Å². The van der Waals surface area contributed by atoms with Gasteiger partial charge in [-0.05, 0) is 25.0 Å². The van der Waals surface area contributed by atoms with Crippen molar-refractivity contribution in [2.45, 2.75) is 25.6 Å². The Morgan fingerprint density at radius 2 is 1.76 bits per heavy atom. The van der Waals surface area contributed by atoms with E-state index in [-0.39, 0.29) is 11.7 Å². The lowest BCUT2D eigenvalue weighted by Crippen LogP contribution is -2.04. The van der Waals surface area contributed by atoms with Crippen molar-refractivity contribution in [3.05, 3.63) is 71.3 Å². The van der Waals surface area contributed by atoms with Crippen molar-refractivity contribution in [1.29, 1.82) is 0 Å². The Morgan fingerprint density at radius 1 is 1.00 bits per heavy atom. The van der Waals surface area contributed by atoms with E-state index in [1.165, 1.54) is 16.7 Å². The number of hydrogen-bond acceptors (Lipinski definition) is 1. The molecule has 0 saturated carbocycles. The number of aryl methyl sites for hydroxylation is 1. The Balaban J connectivity index is 1.92. The highest BCUT2D eigenvalue weighted by atomic mass is 16.6. The predicted octanol–water partition coefficient (Wildman–Crippen LogP) is 3.98. The zero-order valence-electron chi connectivity index (χ0n) is 10.2. The van der Waals surface area contributed by atoms with Crippen molar-refractivity contribution in [3.8, 4) is 0 Å². The molecule has 0 radical (unpaired) electrons. The van der Waals surface area contributed by atoms with Gasteiger partial charge in [-0.3, -0.25) is 0 Å². The molecule has 17 heavy (non-hydrogen) atoms. The Labute approximate surface area is 102 Å². The first kappa shape index (κ1) is 10.5. The fraction of sp³-hybridized carbons (Fsp3) is 0.250. The van der Waals surface area contributed by atoms with E-state index in [0.29, 0.717) is 0 Å². The highest BCUT2D eigenvalue weighted by molar-refractivity contribution is 5.36. The summed E-state index contributed by atoms with van der Waals surface area (Å²) >= 11 is 0. The smallest absolute Gasteiger partial charge is 0.122 e. The number of rotatable bonds is 2. The van der Waals surface area contributed by atoms with E-state index < -0.39 is 0 Å². The number of epoxide rings is 1. The molecule has 1 fully saturated rings. The molecular formula is C16H16O. The molecule has 0 aliphatic carbocycles. The van der Waals surface area contributed by atoms with E-state index in [0.717, 1.165) is 0 Å². The zero-order chi connectivity index (χ0) is 11.9. The Morgan fingerprint density at radius 3 is 2.47 bits per heavy atom. The second-order valence-electron chi connectivity index (χ2n) is 4.89. The summed E-state index contributed by atoms with van der Waals surface area (Å²) in [5.41, 5.74) is 3.67. The quantitative estimate of drug-likeness (QED) is 0.703. The van der Waals surface area contributed by atoms with Gasteiger partial charge in [0, 0.05) is 0 Å². The molecule has 0 spiro atoms. The SMILES string of the molecule is Cc1cccc(C2(C)OC2c2ccccc2)c1. The molecule has 0 bridgehead atoms. The molecule has 2 unspecified atom stereocenters. The summed E-state index contributed by atoms with van der Waals surface area (Å²) in [6.07, 6.45) is 0.200. The van der Waals surface area contributed by atoms with Gasteiger partial charge >= 0.3 is 0 Å². The van der Waals surface area contributed by atoms with Crippen molar-refractivity contribution in [3.63, 3.8) is 0 Å². The highest BCUT2D eigenvalue weighted by Gasteiger charge is 2.54. The second-order valence-corrected chi connectivity index (χ2v) is 4.89. The molecule has 3 rings (SSSR count). The fourth-order valence-corrected chi connectivity index (χ4v) is 2.40. The highest BCUT2D eigenvalue weighted by Crippen LogP contribution is 2.56. The fourth-order valence-electron chi connectivity index (χ4n) is 2.40. The molecule has 2 aromatic carbocycles. The molecular weight excluding hydrogens is 208 g/mol. The average molecular weight is 224 g/mol. The predicted molar refractivity (Wildman–Crippen MR) is 68.8 cm³/mol. The van der Waals surface area contributed by atoms with Gasteiger partial charge in [-0.15, -0.1) is 0 Å². The van der Waals surface area contributed by atoms with Gasteiger partial charge in [0.05, 0.1) is 0 Å². The molecule has 1 saturated heterocycles. The molecule has 0 amide bonds. The Hall–Kier alpha value is -1.60. The molecule has 1 heteroatoms. The van der Waals surface area contributed by atoms with Crippen molar-refractivity contribution in [2.75, 3.05) is 0 Å². The van der Waals surface area contributed by atoms with Crippen LogP contribution in [-0.4, -0.2) is 0 Å². The van der Waals surface area contributed by atoms with Gasteiger partial charge in [0.15, 0.2) is 0 Å². The minimum absolute atomic E-state index is 0.145. The van der Waals surface area contributed by atoms with Crippen molar-refractivity contribution in [2.24, 2.45) is 0 Å². The number of hydrogen-bond donors (Lipinski definition) is 0. The van der Waals surface area contributed by atoms with Crippen LogP contribution in [0.2, 0.25) is 0 Å². The van der Waals surface area contributed by atoms with E-state index in [1.54, 1.807) is 0 Å². The second kappa shape index (κ2) is 3.71. The van der Waals surface area contributed by atoms with Crippen molar-refractivity contribution < 1.29 is 4.74 Å². The molecule has 2 atom stereocenters. The summed E-state index contributed by atoms with van der Waals surface area (Å²) in [7, 11) is 0. The van der Waals surface area contributed by atoms with E-state index in [2.05, 4.69) is 62.4 Å². The van der Waals surface area contributed by atoms with Gasteiger partial charge in [0.2, 0.25) is 0 Å². The first-order valence-corrected chi connectivity index (χ1v) is 6.00. The summed E-state index contributed by atoms with van der Waals surface area (Å²) in [5.74, 6) is 0. The topological polar surface area (TPSA) is 12.5 Å². The first-order valence-electron chi connectivity index (χ1n) is 6.00. The van der Waals surface area contributed by atoms with Crippen LogP contribution in [0.1, 0.15) is 29.7 Å². The minimum atomic E-state index is -0.145.